The van der Waals surface area contributed by atoms with E-state index in [0.717, 1.165) is 16.0 Å². The molecular formula is C10H13FS. The second-order valence-electron chi connectivity index (χ2n) is 2.86. The van der Waals surface area contributed by atoms with Gasteiger partial charge in [-0.3, -0.25) is 0 Å². The molecule has 2 heteroatoms. The highest BCUT2D eigenvalue weighted by Gasteiger charge is 2.08. The third-order valence-corrected chi connectivity index (χ3v) is 2.63. The molecule has 0 saturated heterocycles. The standard InChI is InChI=1S/C10H13FS/c1-7-4-5-10(12-3)9(6-7)8(2)11/h4-6,8H,1-3H3. The lowest BCUT2D eigenvalue weighted by Gasteiger charge is -2.08. The van der Waals surface area contributed by atoms with E-state index >= 15 is 0 Å². The number of halogens is 1. The zero-order chi connectivity index (χ0) is 9.14. The molecule has 1 aromatic rings. The molecule has 0 heterocycles. The summed E-state index contributed by atoms with van der Waals surface area (Å²) in [5, 5.41) is 0. The van der Waals surface area contributed by atoms with Gasteiger partial charge in [-0.05, 0) is 31.7 Å². The van der Waals surface area contributed by atoms with E-state index in [1.807, 2.05) is 31.4 Å². The van der Waals surface area contributed by atoms with Gasteiger partial charge in [0.05, 0.1) is 0 Å². The van der Waals surface area contributed by atoms with Gasteiger partial charge in [-0.15, -0.1) is 11.8 Å². The van der Waals surface area contributed by atoms with Crippen LogP contribution in [0.4, 0.5) is 4.39 Å². The number of thioether (sulfide) groups is 1. The van der Waals surface area contributed by atoms with Crippen molar-refractivity contribution >= 4 is 11.8 Å². The van der Waals surface area contributed by atoms with Crippen LogP contribution in [-0.2, 0) is 0 Å². The van der Waals surface area contributed by atoms with E-state index < -0.39 is 6.17 Å². The van der Waals surface area contributed by atoms with Gasteiger partial charge in [-0.2, -0.15) is 0 Å². The minimum absolute atomic E-state index is 0.808. The van der Waals surface area contributed by atoms with Gasteiger partial charge in [-0.1, -0.05) is 17.7 Å². The summed E-state index contributed by atoms with van der Waals surface area (Å²) in [4.78, 5) is 1.04. The number of hydrogen-bond acceptors (Lipinski definition) is 1. The van der Waals surface area contributed by atoms with Crippen LogP contribution in [0.15, 0.2) is 23.1 Å². The van der Waals surface area contributed by atoms with Crippen molar-refractivity contribution in [3.05, 3.63) is 29.3 Å². The van der Waals surface area contributed by atoms with Crippen LogP contribution < -0.4 is 0 Å². The van der Waals surface area contributed by atoms with Crippen LogP contribution in [0.2, 0.25) is 0 Å². The van der Waals surface area contributed by atoms with E-state index in [2.05, 4.69) is 0 Å². The summed E-state index contributed by atoms with van der Waals surface area (Å²) in [6, 6.07) is 5.90. The fourth-order valence-corrected chi connectivity index (χ4v) is 1.83. The lowest BCUT2D eigenvalue weighted by atomic mass is 10.1. The Morgan fingerprint density at radius 3 is 2.58 bits per heavy atom. The second-order valence-corrected chi connectivity index (χ2v) is 3.71. The fourth-order valence-electron chi connectivity index (χ4n) is 1.16. The molecule has 1 unspecified atom stereocenters. The summed E-state index contributed by atoms with van der Waals surface area (Å²) in [6.45, 7) is 3.56. The van der Waals surface area contributed by atoms with E-state index in [-0.39, 0.29) is 0 Å². The summed E-state index contributed by atoms with van der Waals surface area (Å²) < 4.78 is 13.0. The fraction of sp³-hybridized carbons (Fsp3) is 0.400. The van der Waals surface area contributed by atoms with Gasteiger partial charge in [0, 0.05) is 4.90 Å². The molecule has 0 aliphatic carbocycles. The van der Waals surface area contributed by atoms with E-state index in [1.54, 1.807) is 18.7 Å². The molecule has 66 valence electrons. The van der Waals surface area contributed by atoms with Crippen LogP contribution in [0.3, 0.4) is 0 Å². The van der Waals surface area contributed by atoms with Gasteiger partial charge in [0.25, 0.3) is 0 Å². The topological polar surface area (TPSA) is 0 Å². The van der Waals surface area contributed by atoms with Gasteiger partial charge in [0.15, 0.2) is 0 Å². The molecule has 0 nitrogen and oxygen atoms in total. The average Bonchev–Trinajstić information content (AvgIpc) is 2.04. The van der Waals surface area contributed by atoms with Crippen molar-refractivity contribution in [1.29, 1.82) is 0 Å². The number of aryl methyl sites for hydroxylation is 1. The smallest absolute Gasteiger partial charge is 0.123 e. The molecule has 0 bridgehead atoms. The number of rotatable bonds is 2. The number of hydrogen-bond donors (Lipinski definition) is 0. The predicted octanol–water partition coefficient (Wildman–Crippen LogP) is 3.75. The monoisotopic (exact) mass is 184 g/mol. The molecule has 0 saturated carbocycles. The average molecular weight is 184 g/mol. The van der Waals surface area contributed by atoms with Gasteiger partial charge in [-0.25, -0.2) is 4.39 Å². The Kier molecular flexibility index (Phi) is 3.15. The number of benzene rings is 1. The van der Waals surface area contributed by atoms with Crippen molar-refractivity contribution in [1.82, 2.24) is 0 Å². The highest BCUT2D eigenvalue weighted by molar-refractivity contribution is 7.98. The Labute approximate surface area is 77.2 Å². The predicted molar refractivity (Wildman–Crippen MR) is 52.5 cm³/mol. The molecule has 1 aromatic carbocycles. The molecule has 12 heavy (non-hydrogen) atoms. The van der Waals surface area contributed by atoms with Gasteiger partial charge >= 0.3 is 0 Å². The van der Waals surface area contributed by atoms with Crippen LogP contribution in [0.1, 0.15) is 24.2 Å². The summed E-state index contributed by atoms with van der Waals surface area (Å²) in [5.41, 5.74) is 1.93. The molecule has 0 aromatic heterocycles. The zero-order valence-electron chi connectivity index (χ0n) is 7.60. The third-order valence-electron chi connectivity index (χ3n) is 1.81. The van der Waals surface area contributed by atoms with Crippen molar-refractivity contribution in [2.24, 2.45) is 0 Å². The first-order valence-electron chi connectivity index (χ1n) is 3.93. The summed E-state index contributed by atoms with van der Waals surface area (Å²) in [7, 11) is 0. The Morgan fingerprint density at radius 2 is 2.08 bits per heavy atom. The van der Waals surface area contributed by atoms with Crippen molar-refractivity contribution < 1.29 is 4.39 Å². The summed E-state index contributed by atoms with van der Waals surface area (Å²) in [5.74, 6) is 0. The van der Waals surface area contributed by atoms with E-state index in [4.69, 9.17) is 0 Å². The SMILES string of the molecule is CSc1ccc(C)cc1C(C)F. The lowest BCUT2D eigenvalue weighted by molar-refractivity contribution is 0.369. The molecule has 1 rings (SSSR count). The summed E-state index contributed by atoms with van der Waals surface area (Å²) >= 11 is 1.59. The molecule has 0 N–H and O–H groups in total. The molecule has 0 radical (unpaired) electrons. The zero-order valence-corrected chi connectivity index (χ0v) is 8.41. The van der Waals surface area contributed by atoms with Crippen molar-refractivity contribution in [3.8, 4) is 0 Å². The van der Waals surface area contributed by atoms with E-state index in [9.17, 15) is 4.39 Å². The maximum absolute atomic E-state index is 13.0. The van der Waals surface area contributed by atoms with Gasteiger partial charge in [0.1, 0.15) is 6.17 Å². The maximum atomic E-state index is 13.0. The highest BCUT2D eigenvalue weighted by atomic mass is 32.2. The second kappa shape index (κ2) is 3.94. The van der Waals surface area contributed by atoms with E-state index in [1.165, 1.54) is 0 Å². The van der Waals surface area contributed by atoms with Crippen molar-refractivity contribution in [2.45, 2.75) is 24.9 Å². The van der Waals surface area contributed by atoms with Crippen molar-refractivity contribution in [3.63, 3.8) is 0 Å². The van der Waals surface area contributed by atoms with Crippen molar-refractivity contribution in [2.75, 3.05) is 6.26 Å². The van der Waals surface area contributed by atoms with Crippen LogP contribution in [0, 0.1) is 6.92 Å². The molecule has 0 fully saturated rings. The minimum Gasteiger partial charge on any atom is -0.243 e. The van der Waals surface area contributed by atoms with Crippen LogP contribution in [0.25, 0.3) is 0 Å². The van der Waals surface area contributed by atoms with Crippen LogP contribution >= 0.6 is 11.8 Å². The van der Waals surface area contributed by atoms with Crippen LogP contribution in [0.5, 0.6) is 0 Å². The largest absolute Gasteiger partial charge is 0.243 e. The third kappa shape index (κ3) is 2.01. The van der Waals surface area contributed by atoms with Gasteiger partial charge < -0.3 is 0 Å². The first kappa shape index (κ1) is 9.59. The molecule has 0 amide bonds. The van der Waals surface area contributed by atoms with E-state index in [0.29, 0.717) is 0 Å². The Hall–Kier alpha value is -0.500. The Balaban J connectivity index is 3.12. The maximum Gasteiger partial charge on any atom is 0.123 e. The molecule has 0 aliphatic heterocycles. The molecule has 0 aliphatic rings. The molecule has 1 atom stereocenters. The molecule has 0 spiro atoms. The quantitative estimate of drug-likeness (QED) is 0.631. The number of alkyl halides is 1. The molecular weight excluding hydrogens is 171 g/mol. The highest BCUT2D eigenvalue weighted by Crippen LogP contribution is 2.28. The first-order valence-corrected chi connectivity index (χ1v) is 5.16. The van der Waals surface area contributed by atoms with Gasteiger partial charge in [0.2, 0.25) is 0 Å². The Bertz CT molecular complexity index is 269. The van der Waals surface area contributed by atoms with Crippen LogP contribution in [-0.4, -0.2) is 6.26 Å². The Morgan fingerprint density at radius 1 is 1.42 bits per heavy atom. The minimum atomic E-state index is -0.868. The lowest BCUT2D eigenvalue weighted by Crippen LogP contribution is -1.89. The normalized spacial score (nSPS) is 13.0. The summed E-state index contributed by atoms with van der Waals surface area (Å²) in [6.07, 6.45) is 1.10. The first-order chi connectivity index (χ1) is 5.65.